The van der Waals surface area contributed by atoms with Crippen molar-refractivity contribution < 1.29 is 9.53 Å². The van der Waals surface area contributed by atoms with Gasteiger partial charge in [-0.25, -0.2) is 4.79 Å². The third-order valence-electron chi connectivity index (χ3n) is 4.06. The van der Waals surface area contributed by atoms with Crippen LogP contribution in [0.4, 0.5) is 0 Å². The molecule has 0 amide bonds. The Morgan fingerprint density at radius 1 is 1.42 bits per heavy atom. The summed E-state index contributed by atoms with van der Waals surface area (Å²) < 4.78 is 4.87. The zero-order valence-electron chi connectivity index (χ0n) is 12.1. The molecule has 2 rings (SSSR count). The fourth-order valence-electron chi connectivity index (χ4n) is 2.81. The number of carbonyl (C=O) groups is 1. The maximum Gasteiger partial charge on any atom is 0.338 e. The van der Waals surface area contributed by atoms with E-state index in [1.165, 1.54) is 31.1 Å². The molecular formula is C16H23NO2. The molecule has 0 spiro atoms. The SMILES string of the molecule is COC(=O)c1cc(CC2CCCNC2)cc(C)c1C. The summed E-state index contributed by atoms with van der Waals surface area (Å²) in [5.74, 6) is 0.450. The third kappa shape index (κ3) is 3.35. The van der Waals surface area contributed by atoms with Crippen molar-refractivity contribution >= 4 is 5.97 Å². The molecule has 1 aliphatic heterocycles. The summed E-state index contributed by atoms with van der Waals surface area (Å²) in [6, 6.07) is 4.21. The number of esters is 1. The minimum Gasteiger partial charge on any atom is -0.465 e. The number of piperidine rings is 1. The molecule has 0 aliphatic carbocycles. The largest absolute Gasteiger partial charge is 0.465 e. The van der Waals surface area contributed by atoms with E-state index in [0.29, 0.717) is 11.5 Å². The lowest BCUT2D eigenvalue weighted by molar-refractivity contribution is 0.0599. The van der Waals surface area contributed by atoms with Crippen molar-refractivity contribution in [1.29, 1.82) is 0 Å². The minimum atomic E-state index is -0.232. The van der Waals surface area contributed by atoms with Crippen LogP contribution in [-0.4, -0.2) is 26.2 Å². The number of nitrogens with one attached hydrogen (secondary N) is 1. The number of rotatable bonds is 3. The summed E-state index contributed by atoms with van der Waals surface area (Å²) in [7, 11) is 1.44. The summed E-state index contributed by atoms with van der Waals surface area (Å²) in [4.78, 5) is 11.8. The van der Waals surface area contributed by atoms with Crippen LogP contribution in [-0.2, 0) is 11.2 Å². The highest BCUT2D eigenvalue weighted by Gasteiger charge is 2.17. The lowest BCUT2D eigenvalue weighted by atomic mass is 9.89. The quantitative estimate of drug-likeness (QED) is 0.850. The van der Waals surface area contributed by atoms with Crippen LogP contribution in [0.2, 0.25) is 0 Å². The van der Waals surface area contributed by atoms with Gasteiger partial charge in [0.25, 0.3) is 0 Å². The van der Waals surface area contributed by atoms with E-state index in [0.717, 1.165) is 25.1 Å². The number of benzene rings is 1. The number of ether oxygens (including phenoxy) is 1. The van der Waals surface area contributed by atoms with E-state index < -0.39 is 0 Å². The second-order valence-electron chi connectivity index (χ2n) is 5.49. The van der Waals surface area contributed by atoms with Crippen LogP contribution < -0.4 is 5.32 Å². The van der Waals surface area contributed by atoms with Gasteiger partial charge in [0.05, 0.1) is 12.7 Å². The van der Waals surface area contributed by atoms with Gasteiger partial charge >= 0.3 is 5.97 Å². The van der Waals surface area contributed by atoms with Gasteiger partial charge < -0.3 is 10.1 Å². The van der Waals surface area contributed by atoms with Crippen molar-refractivity contribution in [2.24, 2.45) is 5.92 Å². The molecule has 1 aromatic carbocycles. The van der Waals surface area contributed by atoms with Gasteiger partial charge in [0.15, 0.2) is 0 Å². The second-order valence-corrected chi connectivity index (χ2v) is 5.49. The van der Waals surface area contributed by atoms with Gasteiger partial charge in [-0.1, -0.05) is 6.07 Å². The molecule has 1 N–H and O–H groups in total. The van der Waals surface area contributed by atoms with Gasteiger partial charge in [0.1, 0.15) is 0 Å². The zero-order valence-corrected chi connectivity index (χ0v) is 12.1. The van der Waals surface area contributed by atoms with E-state index >= 15 is 0 Å². The molecule has 1 unspecified atom stereocenters. The number of methoxy groups -OCH3 is 1. The van der Waals surface area contributed by atoms with Crippen LogP contribution in [0.15, 0.2) is 12.1 Å². The summed E-state index contributed by atoms with van der Waals surface area (Å²) in [6.07, 6.45) is 3.56. The van der Waals surface area contributed by atoms with Crippen molar-refractivity contribution in [2.75, 3.05) is 20.2 Å². The normalized spacial score (nSPS) is 19.2. The molecule has 104 valence electrons. The first-order valence-corrected chi connectivity index (χ1v) is 7.01. The van der Waals surface area contributed by atoms with Gasteiger partial charge in [-0.2, -0.15) is 0 Å². The fourth-order valence-corrected chi connectivity index (χ4v) is 2.81. The highest BCUT2D eigenvalue weighted by molar-refractivity contribution is 5.91. The van der Waals surface area contributed by atoms with Crippen molar-refractivity contribution in [3.05, 3.63) is 34.4 Å². The second kappa shape index (κ2) is 6.20. The molecule has 1 aliphatic rings. The Morgan fingerprint density at radius 3 is 2.84 bits per heavy atom. The summed E-state index contributed by atoms with van der Waals surface area (Å²) in [5.41, 5.74) is 4.15. The zero-order chi connectivity index (χ0) is 13.8. The lowest BCUT2D eigenvalue weighted by Gasteiger charge is -2.23. The summed E-state index contributed by atoms with van der Waals surface area (Å²) in [5, 5.41) is 3.44. The number of aryl methyl sites for hydroxylation is 1. The molecule has 1 saturated heterocycles. The van der Waals surface area contributed by atoms with Crippen LogP contribution >= 0.6 is 0 Å². The van der Waals surface area contributed by atoms with Crippen molar-refractivity contribution in [1.82, 2.24) is 5.32 Å². The molecule has 0 radical (unpaired) electrons. The molecule has 1 atom stereocenters. The maximum absolute atomic E-state index is 11.8. The Bertz CT molecular complexity index is 462. The van der Waals surface area contributed by atoms with E-state index in [-0.39, 0.29) is 5.97 Å². The Labute approximate surface area is 115 Å². The molecule has 3 nitrogen and oxygen atoms in total. The lowest BCUT2D eigenvalue weighted by Crippen LogP contribution is -2.30. The maximum atomic E-state index is 11.8. The summed E-state index contributed by atoms with van der Waals surface area (Å²) in [6.45, 7) is 6.26. The topological polar surface area (TPSA) is 38.3 Å². The number of hydrogen-bond donors (Lipinski definition) is 1. The molecule has 3 heteroatoms. The van der Waals surface area contributed by atoms with Crippen LogP contribution in [0, 0.1) is 19.8 Å². The van der Waals surface area contributed by atoms with Crippen molar-refractivity contribution in [2.45, 2.75) is 33.1 Å². The molecule has 1 aromatic rings. The Hall–Kier alpha value is -1.35. The molecule has 0 saturated carbocycles. The first-order chi connectivity index (χ1) is 9.11. The van der Waals surface area contributed by atoms with Crippen molar-refractivity contribution in [3.63, 3.8) is 0 Å². The predicted molar refractivity (Wildman–Crippen MR) is 76.6 cm³/mol. The van der Waals surface area contributed by atoms with E-state index in [9.17, 15) is 4.79 Å². The molecule has 1 fully saturated rings. The molecule has 0 aromatic heterocycles. The highest BCUT2D eigenvalue weighted by Crippen LogP contribution is 2.22. The van der Waals surface area contributed by atoms with Crippen LogP contribution in [0.3, 0.4) is 0 Å². The van der Waals surface area contributed by atoms with Gasteiger partial charge in [0.2, 0.25) is 0 Å². The Kier molecular flexibility index (Phi) is 4.59. The van der Waals surface area contributed by atoms with E-state index in [2.05, 4.69) is 18.3 Å². The van der Waals surface area contributed by atoms with Gasteiger partial charge in [-0.15, -0.1) is 0 Å². The first-order valence-electron chi connectivity index (χ1n) is 7.01. The van der Waals surface area contributed by atoms with E-state index in [1.807, 2.05) is 13.0 Å². The van der Waals surface area contributed by atoms with Crippen LogP contribution in [0.1, 0.15) is 39.9 Å². The predicted octanol–water partition coefficient (Wildman–Crippen LogP) is 2.63. The monoisotopic (exact) mass is 261 g/mol. The van der Waals surface area contributed by atoms with Gasteiger partial charge in [0, 0.05) is 0 Å². The average molecular weight is 261 g/mol. The standard InChI is InChI=1S/C16H23NO2/c1-11-7-14(8-13-5-4-6-17-10-13)9-15(12(11)2)16(18)19-3/h7,9,13,17H,4-6,8,10H2,1-3H3. The summed E-state index contributed by atoms with van der Waals surface area (Å²) >= 11 is 0. The van der Waals surface area contributed by atoms with Crippen molar-refractivity contribution in [3.8, 4) is 0 Å². The highest BCUT2D eigenvalue weighted by atomic mass is 16.5. The smallest absolute Gasteiger partial charge is 0.338 e. The molecule has 0 bridgehead atoms. The van der Waals surface area contributed by atoms with Crippen LogP contribution in [0.25, 0.3) is 0 Å². The number of carbonyl (C=O) groups excluding carboxylic acids is 1. The Balaban J connectivity index is 2.20. The number of hydrogen-bond acceptors (Lipinski definition) is 3. The van der Waals surface area contributed by atoms with Gasteiger partial charge in [-0.3, -0.25) is 0 Å². The third-order valence-corrected chi connectivity index (χ3v) is 4.06. The molecular weight excluding hydrogens is 238 g/mol. The minimum absolute atomic E-state index is 0.232. The van der Waals surface area contributed by atoms with E-state index in [4.69, 9.17) is 4.74 Å². The van der Waals surface area contributed by atoms with E-state index in [1.54, 1.807) is 0 Å². The molecule has 19 heavy (non-hydrogen) atoms. The van der Waals surface area contributed by atoms with Gasteiger partial charge in [-0.05, 0) is 74.9 Å². The Morgan fingerprint density at radius 2 is 2.21 bits per heavy atom. The first kappa shape index (κ1) is 14.1. The van der Waals surface area contributed by atoms with Crippen LogP contribution in [0.5, 0.6) is 0 Å². The average Bonchev–Trinajstić information content (AvgIpc) is 2.43. The fraction of sp³-hybridized carbons (Fsp3) is 0.562. The molecule has 1 heterocycles.